The van der Waals surface area contributed by atoms with Gasteiger partial charge in [-0.1, -0.05) is 32.6 Å². The van der Waals surface area contributed by atoms with Gasteiger partial charge >= 0.3 is 0 Å². The number of rotatable bonds is 7. The molecule has 0 bridgehead atoms. The maximum atomic E-state index is 2.49. The minimum absolute atomic E-state index is 0.836. The molecule has 1 aliphatic carbocycles. The Labute approximate surface area is 108 Å². The Kier molecular flexibility index (Phi) is 4.18. The summed E-state index contributed by atoms with van der Waals surface area (Å²) in [6, 6.07) is 2.76. The molecule has 1 heterocycles. The van der Waals surface area contributed by atoms with Gasteiger partial charge in [-0.2, -0.15) is 0 Å². The van der Waals surface area contributed by atoms with Gasteiger partial charge in [0.15, 0.2) is 0 Å². The van der Waals surface area contributed by atoms with Crippen LogP contribution in [-0.4, -0.2) is 29.2 Å². The first-order chi connectivity index (χ1) is 8.13. The second-order valence-corrected chi connectivity index (χ2v) is 6.85. The molecule has 0 N–H and O–H groups in total. The molecule has 3 unspecified atom stereocenters. The summed E-state index contributed by atoms with van der Waals surface area (Å²) in [6.07, 6.45) is 10.4. The molecule has 0 aromatic heterocycles. The van der Waals surface area contributed by atoms with Crippen molar-refractivity contribution in [1.82, 2.24) is 0 Å². The number of nitrogens with zero attached hydrogens (tertiary/aromatic N) is 1. The molecule has 1 saturated heterocycles. The summed E-state index contributed by atoms with van der Waals surface area (Å²) in [5, 5.41) is 0. The molecule has 1 saturated carbocycles. The van der Waals surface area contributed by atoms with Gasteiger partial charge in [-0.05, 0) is 39.5 Å². The van der Waals surface area contributed by atoms with Crippen LogP contribution in [0.2, 0.25) is 0 Å². The minimum atomic E-state index is 0.836. The molecule has 1 aliphatic heterocycles. The maximum absolute atomic E-state index is 2.49. The van der Waals surface area contributed by atoms with Crippen LogP contribution in [0.25, 0.3) is 0 Å². The first-order valence-corrected chi connectivity index (χ1v) is 8.00. The van der Waals surface area contributed by atoms with Gasteiger partial charge in [-0.3, -0.25) is 0 Å². The third-order valence-electron chi connectivity index (χ3n) is 5.77. The molecule has 0 amide bonds. The van der Waals surface area contributed by atoms with Crippen molar-refractivity contribution in [3.63, 3.8) is 0 Å². The van der Waals surface area contributed by atoms with E-state index in [2.05, 4.69) is 27.7 Å². The highest BCUT2D eigenvalue weighted by molar-refractivity contribution is 4.86. The normalized spacial score (nSPS) is 37.2. The van der Waals surface area contributed by atoms with E-state index in [-0.39, 0.29) is 0 Å². The third-order valence-corrected chi connectivity index (χ3v) is 5.77. The first-order valence-electron chi connectivity index (χ1n) is 8.00. The topological polar surface area (TPSA) is 0 Å². The second kappa shape index (κ2) is 5.30. The Morgan fingerprint density at radius 2 is 1.88 bits per heavy atom. The Hall–Kier alpha value is -0.0400. The van der Waals surface area contributed by atoms with Crippen LogP contribution >= 0.6 is 0 Å². The predicted molar refractivity (Wildman–Crippen MR) is 75.0 cm³/mol. The van der Waals surface area contributed by atoms with Crippen LogP contribution in [0.3, 0.4) is 0 Å². The predicted octanol–water partition coefficient (Wildman–Crippen LogP) is 4.36. The van der Waals surface area contributed by atoms with E-state index in [1.54, 1.807) is 0 Å². The van der Waals surface area contributed by atoms with E-state index in [0.717, 1.165) is 24.0 Å². The van der Waals surface area contributed by atoms with Crippen LogP contribution in [0.15, 0.2) is 0 Å². The quantitative estimate of drug-likeness (QED) is 0.456. The van der Waals surface area contributed by atoms with Crippen LogP contribution in [0, 0.1) is 5.92 Å². The lowest BCUT2D eigenvalue weighted by Gasteiger charge is -2.29. The zero-order valence-corrected chi connectivity index (χ0v) is 12.4. The van der Waals surface area contributed by atoms with Crippen molar-refractivity contribution in [3.05, 3.63) is 0 Å². The molecule has 100 valence electrons. The van der Waals surface area contributed by atoms with E-state index < -0.39 is 0 Å². The van der Waals surface area contributed by atoms with Crippen LogP contribution in [0.5, 0.6) is 0 Å². The molecule has 1 nitrogen and oxygen atoms in total. The highest BCUT2D eigenvalue weighted by Crippen LogP contribution is 2.46. The molecule has 3 atom stereocenters. The minimum Gasteiger partial charge on any atom is -0.307 e. The average Bonchev–Trinajstić information content (AvgIpc) is 2.78. The molecule has 2 aliphatic rings. The van der Waals surface area contributed by atoms with E-state index in [4.69, 9.17) is 0 Å². The SMILES string of the molecule is CCCC1C(C)[N+]1(CCCC1CCC1)C(C)C. The molecule has 1 heteroatoms. The summed E-state index contributed by atoms with van der Waals surface area (Å²) >= 11 is 0. The molecule has 0 aromatic rings. The first kappa shape index (κ1) is 13.4. The van der Waals surface area contributed by atoms with Gasteiger partial charge in [0.1, 0.15) is 12.1 Å². The average molecular weight is 238 g/mol. The zero-order chi connectivity index (χ0) is 12.5. The molecular formula is C16H32N+. The van der Waals surface area contributed by atoms with Gasteiger partial charge in [0.2, 0.25) is 0 Å². The van der Waals surface area contributed by atoms with E-state index in [1.807, 2.05) is 0 Å². The fourth-order valence-corrected chi connectivity index (χ4v) is 4.36. The lowest BCUT2D eigenvalue weighted by atomic mass is 9.82. The summed E-state index contributed by atoms with van der Waals surface area (Å²) in [5.74, 6) is 1.10. The number of hydrogen-bond acceptors (Lipinski definition) is 0. The Balaban J connectivity index is 1.80. The van der Waals surface area contributed by atoms with Crippen LogP contribution in [0.1, 0.15) is 72.6 Å². The molecule has 0 spiro atoms. The molecule has 0 radical (unpaired) electrons. The van der Waals surface area contributed by atoms with E-state index in [1.165, 1.54) is 56.0 Å². The Morgan fingerprint density at radius 3 is 2.35 bits per heavy atom. The van der Waals surface area contributed by atoms with Gasteiger partial charge in [0, 0.05) is 6.42 Å². The van der Waals surface area contributed by atoms with Crippen molar-refractivity contribution in [2.75, 3.05) is 6.54 Å². The maximum Gasteiger partial charge on any atom is 0.142 e. The summed E-state index contributed by atoms with van der Waals surface area (Å²) in [5.41, 5.74) is 0. The van der Waals surface area contributed by atoms with E-state index >= 15 is 0 Å². The molecule has 2 rings (SSSR count). The van der Waals surface area contributed by atoms with Gasteiger partial charge < -0.3 is 4.48 Å². The van der Waals surface area contributed by atoms with Crippen LogP contribution in [-0.2, 0) is 0 Å². The van der Waals surface area contributed by atoms with Crippen molar-refractivity contribution in [1.29, 1.82) is 0 Å². The molecule has 2 fully saturated rings. The summed E-state index contributed by atoms with van der Waals surface area (Å²) < 4.78 is 1.44. The van der Waals surface area contributed by atoms with Crippen molar-refractivity contribution < 1.29 is 4.48 Å². The lowest BCUT2D eigenvalue weighted by Crippen LogP contribution is -2.39. The van der Waals surface area contributed by atoms with E-state index in [0.29, 0.717) is 0 Å². The lowest BCUT2D eigenvalue weighted by molar-refractivity contribution is -0.849. The highest BCUT2D eigenvalue weighted by Gasteiger charge is 2.63. The standard InChI is InChI=1S/C16H32N/c1-5-8-16-14(4)17(16,13(2)3)12-7-11-15-9-6-10-15/h13-16H,5-12H2,1-4H3/q+1. The highest BCUT2D eigenvalue weighted by atomic mass is 15.5. The summed E-state index contributed by atoms with van der Waals surface area (Å²) in [4.78, 5) is 0. The fourth-order valence-electron chi connectivity index (χ4n) is 4.36. The van der Waals surface area contributed by atoms with E-state index in [9.17, 15) is 0 Å². The smallest absolute Gasteiger partial charge is 0.142 e. The van der Waals surface area contributed by atoms with Crippen LogP contribution in [0.4, 0.5) is 0 Å². The number of hydrogen-bond donors (Lipinski definition) is 0. The summed E-state index contributed by atoms with van der Waals surface area (Å²) in [6.45, 7) is 11.2. The third kappa shape index (κ3) is 2.41. The van der Waals surface area contributed by atoms with Gasteiger partial charge in [0.05, 0.1) is 12.6 Å². The molecular weight excluding hydrogens is 206 g/mol. The number of quaternary nitrogens is 1. The molecule has 17 heavy (non-hydrogen) atoms. The van der Waals surface area contributed by atoms with Crippen molar-refractivity contribution >= 4 is 0 Å². The monoisotopic (exact) mass is 238 g/mol. The fraction of sp³-hybridized carbons (Fsp3) is 1.00. The van der Waals surface area contributed by atoms with Crippen LogP contribution < -0.4 is 0 Å². The Bertz CT molecular complexity index is 244. The van der Waals surface area contributed by atoms with Gasteiger partial charge in [-0.15, -0.1) is 0 Å². The van der Waals surface area contributed by atoms with Crippen molar-refractivity contribution in [3.8, 4) is 0 Å². The van der Waals surface area contributed by atoms with Crippen molar-refractivity contribution in [2.45, 2.75) is 90.8 Å². The second-order valence-electron chi connectivity index (χ2n) is 6.85. The van der Waals surface area contributed by atoms with Gasteiger partial charge in [0.25, 0.3) is 0 Å². The zero-order valence-electron chi connectivity index (χ0n) is 12.4. The Morgan fingerprint density at radius 1 is 1.18 bits per heavy atom. The molecule has 0 aromatic carbocycles. The largest absolute Gasteiger partial charge is 0.307 e. The van der Waals surface area contributed by atoms with Gasteiger partial charge in [-0.25, -0.2) is 0 Å². The summed E-state index contributed by atoms with van der Waals surface area (Å²) in [7, 11) is 0. The van der Waals surface area contributed by atoms with Crippen molar-refractivity contribution in [2.24, 2.45) is 5.92 Å².